The van der Waals surface area contributed by atoms with Crippen LogP contribution in [0.15, 0.2) is 18.2 Å². The number of carbonyl (C=O) groups excluding carboxylic acids is 3. The Balaban J connectivity index is 1.54. The average Bonchev–Trinajstić information content (AvgIpc) is 3.05. The monoisotopic (exact) mass is 399 g/mol. The first-order valence-electron chi connectivity index (χ1n) is 10.8. The summed E-state index contributed by atoms with van der Waals surface area (Å²) in [6, 6.07) is 5.20. The number of hydrogen-bond acceptors (Lipinski definition) is 4. The zero-order chi connectivity index (χ0) is 20.2. The van der Waals surface area contributed by atoms with Crippen LogP contribution in [0.2, 0.25) is 0 Å². The Morgan fingerprint density at radius 1 is 0.862 bits per heavy atom. The largest absolute Gasteiger partial charge is 0.482 e. The number of nitrogens with zero attached hydrogens (tertiary/aromatic N) is 3. The molecular formula is C22H29N3O4. The van der Waals surface area contributed by atoms with E-state index in [1.165, 1.54) is 4.90 Å². The summed E-state index contributed by atoms with van der Waals surface area (Å²) < 4.78 is 5.55. The molecule has 0 saturated carbocycles. The van der Waals surface area contributed by atoms with Crippen LogP contribution in [0.1, 0.15) is 55.3 Å². The fraction of sp³-hybridized carbons (Fsp3) is 0.591. The van der Waals surface area contributed by atoms with E-state index in [4.69, 9.17) is 4.74 Å². The first-order chi connectivity index (χ1) is 14.1. The second-order valence-electron chi connectivity index (χ2n) is 8.10. The SMILES string of the molecule is O=C(CN1C(=O)COc2ccc(C(=O)N3CCCCC3)cc21)N1CCCCCC1. The molecule has 7 heteroatoms. The van der Waals surface area contributed by atoms with Gasteiger partial charge in [0.15, 0.2) is 6.61 Å². The van der Waals surface area contributed by atoms with Crippen LogP contribution >= 0.6 is 0 Å². The lowest BCUT2D eigenvalue weighted by Crippen LogP contribution is -2.46. The van der Waals surface area contributed by atoms with Gasteiger partial charge in [0, 0.05) is 31.7 Å². The van der Waals surface area contributed by atoms with Crippen molar-refractivity contribution >= 4 is 23.4 Å². The van der Waals surface area contributed by atoms with Gasteiger partial charge in [-0.15, -0.1) is 0 Å². The van der Waals surface area contributed by atoms with E-state index in [0.717, 1.165) is 71.1 Å². The van der Waals surface area contributed by atoms with E-state index in [0.29, 0.717) is 17.0 Å². The topological polar surface area (TPSA) is 70.2 Å². The fourth-order valence-electron chi connectivity index (χ4n) is 4.34. The van der Waals surface area contributed by atoms with E-state index >= 15 is 0 Å². The molecule has 3 heterocycles. The van der Waals surface area contributed by atoms with Gasteiger partial charge in [-0.3, -0.25) is 19.3 Å². The van der Waals surface area contributed by atoms with E-state index in [-0.39, 0.29) is 30.9 Å². The summed E-state index contributed by atoms with van der Waals surface area (Å²) in [7, 11) is 0. The highest BCUT2D eigenvalue weighted by atomic mass is 16.5. The van der Waals surface area contributed by atoms with Crippen molar-refractivity contribution in [3.63, 3.8) is 0 Å². The second kappa shape index (κ2) is 8.84. The van der Waals surface area contributed by atoms with Gasteiger partial charge in [0.2, 0.25) is 5.91 Å². The van der Waals surface area contributed by atoms with E-state index in [1.54, 1.807) is 18.2 Å². The molecule has 3 aliphatic heterocycles. The van der Waals surface area contributed by atoms with Gasteiger partial charge >= 0.3 is 0 Å². The maximum Gasteiger partial charge on any atom is 0.265 e. The van der Waals surface area contributed by atoms with E-state index in [9.17, 15) is 14.4 Å². The summed E-state index contributed by atoms with van der Waals surface area (Å²) in [4.78, 5) is 43.5. The molecule has 2 saturated heterocycles. The molecule has 0 bridgehead atoms. The van der Waals surface area contributed by atoms with Crippen LogP contribution in [0.4, 0.5) is 5.69 Å². The molecule has 0 spiro atoms. The van der Waals surface area contributed by atoms with Crippen molar-refractivity contribution in [2.24, 2.45) is 0 Å². The Labute approximate surface area is 171 Å². The molecule has 0 N–H and O–H groups in total. The number of anilines is 1. The van der Waals surface area contributed by atoms with Crippen LogP contribution in [0, 0.1) is 0 Å². The van der Waals surface area contributed by atoms with Crippen LogP contribution in [-0.2, 0) is 9.59 Å². The predicted molar refractivity (Wildman–Crippen MR) is 109 cm³/mol. The van der Waals surface area contributed by atoms with Crippen molar-refractivity contribution in [3.05, 3.63) is 23.8 Å². The molecule has 1 aromatic rings. The molecule has 1 aromatic carbocycles. The summed E-state index contributed by atoms with van der Waals surface area (Å²) >= 11 is 0. The Kier molecular flexibility index (Phi) is 6.02. The lowest BCUT2D eigenvalue weighted by atomic mass is 10.1. The van der Waals surface area contributed by atoms with E-state index in [1.807, 2.05) is 9.80 Å². The summed E-state index contributed by atoms with van der Waals surface area (Å²) in [6.45, 7) is 2.94. The molecule has 0 aromatic heterocycles. The van der Waals surface area contributed by atoms with Crippen LogP contribution in [0.25, 0.3) is 0 Å². The quantitative estimate of drug-likeness (QED) is 0.783. The van der Waals surface area contributed by atoms with E-state index < -0.39 is 0 Å². The summed E-state index contributed by atoms with van der Waals surface area (Å²) in [5.41, 5.74) is 1.06. The van der Waals surface area contributed by atoms with Gasteiger partial charge in [-0.1, -0.05) is 12.8 Å². The van der Waals surface area contributed by atoms with Gasteiger partial charge in [-0.05, 0) is 50.3 Å². The van der Waals surface area contributed by atoms with Gasteiger partial charge in [0.05, 0.1) is 5.69 Å². The molecule has 0 aliphatic carbocycles. The molecule has 3 amide bonds. The van der Waals surface area contributed by atoms with Crippen LogP contribution in [-0.4, -0.2) is 66.9 Å². The molecule has 3 aliphatic rings. The molecule has 4 rings (SSSR count). The third kappa shape index (κ3) is 4.38. The van der Waals surface area contributed by atoms with Gasteiger partial charge in [0.25, 0.3) is 11.8 Å². The number of carbonyl (C=O) groups is 3. The Morgan fingerprint density at radius 3 is 2.17 bits per heavy atom. The standard InChI is InChI=1S/C22H29N3O4/c26-20(23-10-4-1-2-5-11-23)15-25-18-14-17(8-9-19(18)29-16-21(25)27)22(28)24-12-6-3-7-13-24/h8-9,14H,1-7,10-13,15-16H2. The van der Waals surface area contributed by atoms with Crippen LogP contribution in [0.3, 0.4) is 0 Å². The summed E-state index contributed by atoms with van der Waals surface area (Å²) in [5, 5.41) is 0. The fourth-order valence-corrected chi connectivity index (χ4v) is 4.34. The summed E-state index contributed by atoms with van der Waals surface area (Å²) in [6.07, 6.45) is 7.50. The normalized spacial score (nSPS) is 20.0. The molecule has 156 valence electrons. The number of hydrogen-bond donors (Lipinski definition) is 0. The first kappa shape index (κ1) is 19.7. The van der Waals surface area contributed by atoms with Crippen molar-refractivity contribution in [1.82, 2.24) is 9.80 Å². The van der Waals surface area contributed by atoms with Crippen LogP contribution < -0.4 is 9.64 Å². The molecule has 29 heavy (non-hydrogen) atoms. The number of ether oxygens (including phenoxy) is 1. The highest BCUT2D eigenvalue weighted by Gasteiger charge is 2.30. The molecule has 2 fully saturated rings. The third-order valence-corrected chi connectivity index (χ3v) is 6.04. The van der Waals surface area contributed by atoms with Crippen LogP contribution in [0.5, 0.6) is 5.75 Å². The highest BCUT2D eigenvalue weighted by Crippen LogP contribution is 2.33. The molecule has 0 unspecified atom stereocenters. The minimum Gasteiger partial charge on any atom is -0.482 e. The van der Waals surface area contributed by atoms with Gasteiger partial charge in [0.1, 0.15) is 12.3 Å². The van der Waals surface area contributed by atoms with E-state index in [2.05, 4.69) is 0 Å². The average molecular weight is 399 g/mol. The number of benzene rings is 1. The smallest absolute Gasteiger partial charge is 0.265 e. The number of likely N-dealkylation sites (tertiary alicyclic amines) is 2. The minimum absolute atomic E-state index is 0.00342. The summed E-state index contributed by atoms with van der Waals surface area (Å²) in [5.74, 6) is 0.233. The first-order valence-corrected chi connectivity index (χ1v) is 10.8. The van der Waals surface area contributed by atoms with Gasteiger partial charge in [-0.2, -0.15) is 0 Å². The molecule has 0 radical (unpaired) electrons. The van der Waals surface area contributed by atoms with Crippen molar-refractivity contribution < 1.29 is 19.1 Å². The maximum atomic E-state index is 12.9. The Morgan fingerprint density at radius 2 is 1.48 bits per heavy atom. The third-order valence-electron chi connectivity index (χ3n) is 6.04. The predicted octanol–water partition coefficient (Wildman–Crippen LogP) is 2.44. The van der Waals surface area contributed by atoms with Crippen molar-refractivity contribution in [2.75, 3.05) is 44.2 Å². The molecular weight excluding hydrogens is 370 g/mol. The van der Waals surface area contributed by atoms with Gasteiger partial charge < -0.3 is 14.5 Å². The number of rotatable bonds is 3. The molecule has 7 nitrogen and oxygen atoms in total. The Bertz CT molecular complexity index is 780. The lowest BCUT2D eigenvalue weighted by Gasteiger charge is -2.32. The minimum atomic E-state index is -0.247. The number of amides is 3. The number of fused-ring (bicyclic) bond motifs is 1. The molecule has 0 atom stereocenters. The highest BCUT2D eigenvalue weighted by molar-refractivity contribution is 6.04. The van der Waals surface area contributed by atoms with Crippen molar-refractivity contribution in [3.8, 4) is 5.75 Å². The lowest BCUT2D eigenvalue weighted by molar-refractivity contribution is -0.132. The van der Waals surface area contributed by atoms with Crippen molar-refractivity contribution in [1.29, 1.82) is 0 Å². The Hall–Kier alpha value is -2.57. The van der Waals surface area contributed by atoms with Crippen molar-refractivity contribution in [2.45, 2.75) is 44.9 Å². The zero-order valence-corrected chi connectivity index (χ0v) is 16.9. The van der Waals surface area contributed by atoms with Gasteiger partial charge in [-0.25, -0.2) is 0 Å². The number of piperidine rings is 1. The zero-order valence-electron chi connectivity index (χ0n) is 16.9. The second-order valence-corrected chi connectivity index (χ2v) is 8.10. The maximum absolute atomic E-state index is 12.9.